The summed E-state index contributed by atoms with van der Waals surface area (Å²) in [5.41, 5.74) is 2.07. The number of aromatic nitrogens is 2. The van der Waals surface area contributed by atoms with E-state index in [4.69, 9.17) is 4.52 Å². The normalized spacial score (nSPS) is 14.2. The van der Waals surface area contributed by atoms with Gasteiger partial charge in [-0.1, -0.05) is 22.9 Å². The highest BCUT2D eigenvalue weighted by Gasteiger charge is 2.24. The molecule has 5 heteroatoms. The van der Waals surface area contributed by atoms with Crippen molar-refractivity contribution in [3.05, 3.63) is 35.7 Å². The predicted molar refractivity (Wildman–Crippen MR) is 73.7 cm³/mol. The molecule has 1 N–H and O–H groups in total. The molecule has 1 saturated carbocycles. The van der Waals surface area contributed by atoms with E-state index in [1.165, 1.54) is 18.4 Å². The zero-order valence-corrected chi connectivity index (χ0v) is 11.4. The number of hydrogen-bond donors (Lipinski definition) is 1. The van der Waals surface area contributed by atoms with Gasteiger partial charge in [0, 0.05) is 12.0 Å². The Labute approximate surface area is 117 Å². The summed E-state index contributed by atoms with van der Waals surface area (Å²) >= 11 is 0. The van der Waals surface area contributed by atoms with Gasteiger partial charge in [0.25, 0.3) is 5.89 Å². The van der Waals surface area contributed by atoms with Crippen LogP contribution in [0.1, 0.15) is 30.7 Å². The van der Waals surface area contributed by atoms with Crippen molar-refractivity contribution in [3.63, 3.8) is 0 Å². The summed E-state index contributed by atoms with van der Waals surface area (Å²) in [6.07, 6.45) is 2.96. The molecule has 1 amide bonds. The van der Waals surface area contributed by atoms with Crippen LogP contribution >= 0.6 is 0 Å². The van der Waals surface area contributed by atoms with Crippen molar-refractivity contribution >= 4 is 5.91 Å². The lowest BCUT2D eigenvalue weighted by Crippen LogP contribution is -2.23. The Bertz CT molecular complexity index is 600. The first kappa shape index (κ1) is 12.8. The van der Waals surface area contributed by atoms with Gasteiger partial charge >= 0.3 is 0 Å². The number of aryl methyl sites for hydroxylation is 1. The van der Waals surface area contributed by atoms with Crippen LogP contribution in [0.15, 0.2) is 28.8 Å². The Hall–Kier alpha value is -2.17. The minimum Gasteiger partial charge on any atom is -0.349 e. The third-order valence-corrected chi connectivity index (χ3v) is 3.38. The summed E-state index contributed by atoms with van der Waals surface area (Å²) in [5, 5.41) is 6.70. The van der Waals surface area contributed by atoms with Crippen LogP contribution in [0.3, 0.4) is 0 Å². The molecule has 104 valence electrons. The third kappa shape index (κ3) is 3.23. The number of hydrogen-bond acceptors (Lipinski definition) is 4. The molecule has 0 radical (unpaired) electrons. The average Bonchev–Trinajstić information content (AvgIpc) is 3.12. The van der Waals surface area contributed by atoms with Crippen molar-refractivity contribution < 1.29 is 9.32 Å². The van der Waals surface area contributed by atoms with Gasteiger partial charge in [-0.25, -0.2) is 0 Å². The highest BCUT2D eigenvalue weighted by molar-refractivity contribution is 5.76. The lowest BCUT2D eigenvalue weighted by molar-refractivity contribution is -0.121. The second-order valence-electron chi connectivity index (χ2n) is 5.31. The molecule has 0 aliphatic heterocycles. The fourth-order valence-corrected chi connectivity index (χ4v) is 1.97. The molecule has 1 fully saturated rings. The maximum absolute atomic E-state index is 11.6. The monoisotopic (exact) mass is 271 g/mol. The highest BCUT2D eigenvalue weighted by Crippen LogP contribution is 2.32. The first-order chi connectivity index (χ1) is 9.70. The van der Waals surface area contributed by atoms with Crippen molar-refractivity contribution in [1.82, 2.24) is 15.5 Å². The molecule has 1 heterocycles. The molecule has 1 aromatic carbocycles. The van der Waals surface area contributed by atoms with E-state index in [1.54, 1.807) is 0 Å². The van der Waals surface area contributed by atoms with Crippen molar-refractivity contribution in [3.8, 4) is 11.5 Å². The largest absolute Gasteiger partial charge is 0.349 e. The summed E-state index contributed by atoms with van der Waals surface area (Å²) in [5.74, 6) is 1.64. The zero-order valence-electron chi connectivity index (χ0n) is 11.4. The Morgan fingerprint density at radius 2 is 2.10 bits per heavy atom. The van der Waals surface area contributed by atoms with Gasteiger partial charge in [-0.2, -0.15) is 4.98 Å². The lowest BCUT2D eigenvalue weighted by Gasteiger charge is -2.00. The molecule has 1 aliphatic rings. The number of nitrogens with zero attached hydrogens (tertiary/aromatic N) is 2. The van der Waals surface area contributed by atoms with Gasteiger partial charge in [-0.3, -0.25) is 4.79 Å². The Kier molecular flexibility index (Phi) is 3.50. The lowest BCUT2D eigenvalue weighted by atomic mass is 10.1. The molecule has 0 spiro atoms. The molecular weight excluding hydrogens is 254 g/mol. The molecule has 0 unspecified atom stereocenters. The standard InChI is InChI=1S/C15H17N3O2/c1-10-2-6-12(7-3-10)15-17-13(18-20-15)9-16-14(19)8-11-4-5-11/h2-3,6-7,11H,4-5,8-9H2,1H3,(H,16,19). The Balaban J connectivity index is 1.58. The maximum atomic E-state index is 11.6. The molecule has 5 nitrogen and oxygen atoms in total. The molecule has 1 aromatic heterocycles. The molecule has 3 rings (SSSR count). The topological polar surface area (TPSA) is 68.0 Å². The molecule has 0 bridgehead atoms. The third-order valence-electron chi connectivity index (χ3n) is 3.38. The van der Waals surface area contributed by atoms with E-state index in [1.807, 2.05) is 31.2 Å². The second-order valence-corrected chi connectivity index (χ2v) is 5.31. The number of rotatable bonds is 5. The second kappa shape index (κ2) is 5.45. The minimum atomic E-state index is 0.0641. The van der Waals surface area contributed by atoms with Crippen LogP contribution in [0.5, 0.6) is 0 Å². The maximum Gasteiger partial charge on any atom is 0.257 e. The number of carbonyl (C=O) groups excluding carboxylic acids is 1. The first-order valence-electron chi connectivity index (χ1n) is 6.87. The van der Waals surface area contributed by atoms with Gasteiger partial charge in [0.2, 0.25) is 5.91 Å². The molecular formula is C15H17N3O2. The SMILES string of the molecule is Cc1ccc(-c2nc(CNC(=O)CC3CC3)no2)cc1. The molecule has 0 saturated heterocycles. The van der Waals surface area contributed by atoms with Crippen molar-refractivity contribution in [2.24, 2.45) is 5.92 Å². The van der Waals surface area contributed by atoms with Gasteiger partial charge in [0.1, 0.15) is 0 Å². The van der Waals surface area contributed by atoms with Crippen LogP contribution < -0.4 is 5.32 Å². The summed E-state index contributed by atoms with van der Waals surface area (Å²) in [4.78, 5) is 15.9. The molecule has 20 heavy (non-hydrogen) atoms. The zero-order chi connectivity index (χ0) is 13.9. The van der Waals surface area contributed by atoms with E-state index >= 15 is 0 Å². The van der Waals surface area contributed by atoms with E-state index in [0.717, 1.165) is 5.56 Å². The number of amides is 1. The van der Waals surface area contributed by atoms with Gasteiger partial charge in [-0.05, 0) is 37.8 Å². The summed E-state index contributed by atoms with van der Waals surface area (Å²) in [6.45, 7) is 2.35. The molecule has 0 atom stereocenters. The fraction of sp³-hybridized carbons (Fsp3) is 0.400. The van der Waals surface area contributed by atoms with Gasteiger partial charge in [0.05, 0.1) is 6.54 Å². The van der Waals surface area contributed by atoms with Crippen LogP contribution in [-0.2, 0) is 11.3 Å². The van der Waals surface area contributed by atoms with Crippen LogP contribution in [0.2, 0.25) is 0 Å². The quantitative estimate of drug-likeness (QED) is 0.907. The molecule has 1 aliphatic carbocycles. The smallest absolute Gasteiger partial charge is 0.257 e. The Morgan fingerprint density at radius 3 is 2.80 bits per heavy atom. The van der Waals surface area contributed by atoms with Crippen molar-refractivity contribution in [1.29, 1.82) is 0 Å². The highest BCUT2D eigenvalue weighted by atomic mass is 16.5. The number of carbonyl (C=O) groups is 1. The van der Waals surface area contributed by atoms with E-state index in [2.05, 4.69) is 15.5 Å². The van der Waals surface area contributed by atoms with E-state index in [-0.39, 0.29) is 5.91 Å². The summed E-state index contributed by atoms with van der Waals surface area (Å²) in [7, 11) is 0. The van der Waals surface area contributed by atoms with Gasteiger partial charge in [0.15, 0.2) is 5.82 Å². The van der Waals surface area contributed by atoms with E-state index in [9.17, 15) is 4.79 Å². The van der Waals surface area contributed by atoms with E-state index < -0.39 is 0 Å². The molecule has 2 aromatic rings. The van der Waals surface area contributed by atoms with Crippen LogP contribution in [0.4, 0.5) is 0 Å². The predicted octanol–water partition coefficient (Wildman–Crippen LogP) is 2.46. The van der Waals surface area contributed by atoms with Crippen LogP contribution in [-0.4, -0.2) is 16.0 Å². The van der Waals surface area contributed by atoms with Crippen LogP contribution in [0, 0.1) is 12.8 Å². The summed E-state index contributed by atoms with van der Waals surface area (Å²) < 4.78 is 5.20. The van der Waals surface area contributed by atoms with Crippen molar-refractivity contribution in [2.45, 2.75) is 32.7 Å². The van der Waals surface area contributed by atoms with Crippen molar-refractivity contribution in [2.75, 3.05) is 0 Å². The van der Waals surface area contributed by atoms with E-state index in [0.29, 0.717) is 30.6 Å². The average molecular weight is 271 g/mol. The Morgan fingerprint density at radius 1 is 1.35 bits per heavy atom. The van der Waals surface area contributed by atoms with Crippen LogP contribution in [0.25, 0.3) is 11.5 Å². The fourth-order valence-electron chi connectivity index (χ4n) is 1.97. The first-order valence-corrected chi connectivity index (χ1v) is 6.87. The number of nitrogens with one attached hydrogen (secondary N) is 1. The summed E-state index contributed by atoms with van der Waals surface area (Å²) in [6, 6.07) is 7.88. The minimum absolute atomic E-state index is 0.0641. The number of benzene rings is 1. The van der Waals surface area contributed by atoms with Gasteiger partial charge in [-0.15, -0.1) is 0 Å². The van der Waals surface area contributed by atoms with Gasteiger partial charge < -0.3 is 9.84 Å².